The highest BCUT2D eigenvalue weighted by Crippen LogP contribution is 2.38. The van der Waals surface area contributed by atoms with Crippen LogP contribution in [0, 0.1) is 5.82 Å². The van der Waals surface area contributed by atoms with Crippen LogP contribution in [0.2, 0.25) is 0 Å². The molecular weight excluding hydrogens is 389 g/mol. The van der Waals surface area contributed by atoms with Crippen LogP contribution in [0.15, 0.2) is 24.5 Å². The maximum atomic E-state index is 14.4. The van der Waals surface area contributed by atoms with Crippen LogP contribution in [0.1, 0.15) is 40.5 Å². The summed E-state index contributed by atoms with van der Waals surface area (Å²) in [5.41, 5.74) is 0.798. The molecule has 1 aliphatic rings. The lowest BCUT2D eigenvalue weighted by Gasteiger charge is -2.53. The quantitative estimate of drug-likeness (QED) is 0.653. The molecule has 0 aromatic carbocycles. The minimum Gasteiger partial charge on any atom is -0.365 e. The molecule has 0 bridgehead atoms. The molecule has 0 spiro atoms. The Kier molecular flexibility index (Phi) is 4.90. The summed E-state index contributed by atoms with van der Waals surface area (Å²) in [4.78, 5) is 20.4. The molecule has 2 N–H and O–H groups in total. The maximum Gasteiger partial charge on any atom is 0.231 e. The molecule has 7 nitrogen and oxygen atoms in total. The monoisotopic (exact) mass is 415 g/mol. The lowest BCUT2D eigenvalue weighted by molar-refractivity contribution is -0.00778. The van der Waals surface area contributed by atoms with E-state index in [2.05, 4.69) is 70.2 Å². The zero-order valence-corrected chi connectivity index (χ0v) is 18.1. The average Bonchev–Trinajstić information content (AvgIpc) is 3.04. The van der Waals surface area contributed by atoms with Crippen molar-refractivity contribution in [1.29, 1.82) is 0 Å². The molecule has 1 saturated heterocycles. The molecule has 9 heteroatoms. The van der Waals surface area contributed by atoms with Gasteiger partial charge in [-0.2, -0.15) is 4.98 Å². The number of likely N-dealkylation sites (tertiary alicyclic amines) is 1. The summed E-state index contributed by atoms with van der Waals surface area (Å²) in [6.07, 6.45) is 4.70. The van der Waals surface area contributed by atoms with E-state index in [1.54, 1.807) is 6.20 Å². The first-order valence-corrected chi connectivity index (χ1v) is 10.5. The molecule has 4 heterocycles. The SMILES string of the molecule is CN1C(C)(C)CC(Nc2nc(Nc3nc4cccnc4s3)ncc2F)CC1(C)C. The van der Waals surface area contributed by atoms with Gasteiger partial charge in [-0.05, 0) is 59.7 Å². The number of halogens is 1. The lowest BCUT2D eigenvalue weighted by Crippen LogP contribution is -2.61. The fourth-order valence-electron chi connectivity index (χ4n) is 4.11. The summed E-state index contributed by atoms with van der Waals surface area (Å²) < 4.78 is 14.4. The number of thiazole rings is 1. The van der Waals surface area contributed by atoms with E-state index in [1.165, 1.54) is 17.5 Å². The minimum atomic E-state index is -0.462. The van der Waals surface area contributed by atoms with Crippen molar-refractivity contribution < 1.29 is 4.39 Å². The van der Waals surface area contributed by atoms with Crippen molar-refractivity contribution in [2.45, 2.75) is 57.7 Å². The summed E-state index contributed by atoms with van der Waals surface area (Å²) >= 11 is 1.40. The predicted molar refractivity (Wildman–Crippen MR) is 115 cm³/mol. The summed E-state index contributed by atoms with van der Waals surface area (Å²) in [5.74, 6) is 0.0540. The second-order valence-corrected chi connectivity index (χ2v) is 9.77. The van der Waals surface area contributed by atoms with E-state index in [-0.39, 0.29) is 22.9 Å². The zero-order chi connectivity index (χ0) is 20.8. The molecule has 0 unspecified atom stereocenters. The summed E-state index contributed by atoms with van der Waals surface area (Å²) in [6.45, 7) is 8.86. The van der Waals surface area contributed by atoms with Crippen molar-refractivity contribution in [3.05, 3.63) is 30.3 Å². The van der Waals surface area contributed by atoms with Gasteiger partial charge in [0.15, 0.2) is 16.8 Å². The first-order chi connectivity index (χ1) is 13.6. The van der Waals surface area contributed by atoms with Gasteiger partial charge in [0.05, 0.1) is 6.20 Å². The highest BCUT2D eigenvalue weighted by atomic mass is 32.1. The molecule has 0 saturated carbocycles. The summed E-state index contributed by atoms with van der Waals surface area (Å²) in [6, 6.07) is 3.85. The molecule has 4 rings (SSSR count). The topological polar surface area (TPSA) is 78.9 Å². The Morgan fingerprint density at radius 3 is 2.55 bits per heavy atom. The fourth-order valence-corrected chi connectivity index (χ4v) is 4.92. The molecule has 154 valence electrons. The second kappa shape index (κ2) is 7.14. The van der Waals surface area contributed by atoms with Crippen molar-refractivity contribution >= 4 is 38.6 Å². The molecular formula is C20H26FN7S. The van der Waals surface area contributed by atoms with Gasteiger partial charge in [0, 0.05) is 23.3 Å². The smallest absolute Gasteiger partial charge is 0.231 e. The van der Waals surface area contributed by atoms with Gasteiger partial charge in [-0.1, -0.05) is 11.3 Å². The van der Waals surface area contributed by atoms with Crippen molar-refractivity contribution in [2.24, 2.45) is 0 Å². The molecule has 3 aromatic rings. The van der Waals surface area contributed by atoms with Crippen molar-refractivity contribution in [3.63, 3.8) is 0 Å². The number of anilines is 3. The van der Waals surface area contributed by atoms with Crippen LogP contribution in [-0.4, -0.2) is 49.0 Å². The van der Waals surface area contributed by atoms with Crippen LogP contribution < -0.4 is 10.6 Å². The summed E-state index contributed by atoms with van der Waals surface area (Å²) in [7, 11) is 2.15. The number of nitrogens with zero attached hydrogens (tertiary/aromatic N) is 5. The van der Waals surface area contributed by atoms with Crippen molar-refractivity contribution in [2.75, 3.05) is 17.7 Å². The molecule has 29 heavy (non-hydrogen) atoms. The van der Waals surface area contributed by atoms with Gasteiger partial charge in [0.25, 0.3) is 0 Å². The Hall–Kier alpha value is -2.39. The van der Waals surface area contributed by atoms with Gasteiger partial charge in [-0.25, -0.2) is 19.3 Å². The molecule has 3 aromatic heterocycles. The first kappa shape index (κ1) is 19.9. The minimum absolute atomic E-state index is 0.00199. The van der Waals surface area contributed by atoms with E-state index >= 15 is 0 Å². The maximum absolute atomic E-state index is 14.4. The van der Waals surface area contributed by atoms with E-state index in [9.17, 15) is 4.39 Å². The van der Waals surface area contributed by atoms with Gasteiger partial charge in [0.2, 0.25) is 5.95 Å². The van der Waals surface area contributed by atoms with Crippen molar-refractivity contribution in [3.8, 4) is 0 Å². The van der Waals surface area contributed by atoms with E-state index < -0.39 is 5.82 Å². The number of hydrogen-bond acceptors (Lipinski definition) is 8. The Labute approximate surface area is 173 Å². The number of aromatic nitrogens is 4. The number of hydrogen-bond donors (Lipinski definition) is 2. The first-order valence-electron chi connectivity index (χ1n) is 9.66. The number of rotatable bonds is 4. The van der Waals surface area contributed by atoms with E-state index in [4.69, 9.17) is 0 Å². The van der Waals surface area contributed by atoms with E-state index in [0.29, 0.717) is 11.1 Å². The number of piperidine rings is 1. The Bertz CT molecular complexity index is 982. The standard InChI is InChI=1S/C20H26FN7S/c1-19(2)9-12(10-20(3,4)28(19)5)24-15-13(21)11-23-17(26-15)27-18-25-14-7-6-8-22-16(14)29-18/h6-8,11-12H,9-10H2,1-5H3,(H2,23,24,25,26,27). The van der Waals surface area contributed by atoms with Gasteiger partial charge < -0.3 is 5.32 Å². The Morgan fingerprint density at radius 1 is 1.14 bits per heavy atom. The van der Waals surface area contributed by atoms with Crippen LogP contribution in [0.3, 0.4) is 0 Å². The molecule has 0 amide bonds. The van der Waals surface area contributed by atoms with Gasteiger partial charge in [-0.3, -0.25) is 10.2 Å². The number of pyridine rings is 1. The van der Waals surface area contributed by atoms with Crippen molar-refractivity contribution in [1.82, 2.24) is 24.8 Å². The fraction of sp³-hybridized carbons (Fsp3) is 0.500. The molecule has 0 atom stereocenters. The Morgan fingerprint density at radius 2 is 1.86 bits per heavy atom. The van der Waals surface area contributed by atoms with Crippen LogP contribution in [0.4, 0.5) is 21.3 Å². The van der Waals surface area contributed by atoms with Gasteiger partial charge in [-0.15, -0.1) is 0 Å². The Balaban J connectivity index is 1.54. The average molecular weight is 416 g/mol. The van der Waals surface area contributed by atoms with Crippen LogP contribution in [0.5, 0.6) is 0 Å². The normalized spacial score (nSPS) is 19.4. The number of nitrogens with one attached hydrogen (secondary N) is 2. The van der Waals surface area contributed by atoms with E-state index in [0.717, 1.165) is 23.2 Å². The third-order valence-electron chi connectivity index (χ3n) is 5.78. The number of fused-ring (bicyclic) bond motifs is 1. The van der Waals surface area contributed by atoms with Gasteiger partial charge in [0.1, 0.15) is 10.3 Å². The van der Waals surface area contributed by atoms with Crippen LogP contribution in [-0.2, 0) is 0 Å². The highest BCUT2D eigenvalue weighted by Gasteiger charge is 2.43. The third kappa shape index (κ3) is 4.02. The van der Waals surface area contributed by atoms with Crippen LogP contribution >= 0.6 is 11.3 Å². The largest absolute Gasteiger partial charge is 0.365 e. The lowest BCUT2D eigenvalue weighted by atomic mass is 9.77. The zero-order valence-electron chi connectivity index (χ0n) is 17.3. The van der Waals surface area contributed by atoms with Gasteiger partial charge >= 0.3 is 0 Å². The molecule has 1 aliphatic heterocycles. The third-order valence-corrected chi connectivity index (χ3v) is 6.67. The summed E-state index contributed by atoms with van der Waals surface area (Å²) in [5, 5.41) is 7.00. The second-order valence-electron chi connectivity index (χ2n) is 8.80. The van der Waals surface area contributed by atoms with Crippen LogP contribution in [0.25, 0.3) is 10.3 Å². The van der Waals surface area contributed by atoms with E-state index in [1.807, 2.05) is 12.1 Å². The predicted octanol–water partition coefficient (Wildman–Crippen LogP) is 4.43. The molecule has 0 aliphatic carbocycles. The highest BCUT2D eigenvalue weighted by molar-refractivity contribution is 7.21. The molecule has 1 fully saturated rings. The molecule has 0 radical (unpaired) electrons.